The van der Waals surface area contributed by atoms with Gasteiger partial charge in [-0.05, 0) is 43.2 Å². The number of hydrogen-bond acceptors (Lipinski definition) is 6. The van der Waals surface area contributed by atoms with Gasteiger partial charge >= 0.3 is 5.97 Å². The molecule has 0 saturated heterocycles. The van der Waals surface area contributed by atoms with Gasteiger partial charge in [-0.2, -0.15) is 0 Å². The van der Waals surface area contributed by atoms with Crippen LogP contribution >= 0.6 is 0 Å². The third kappa shape index (κ3) is 5.70. The van der Waals surface area contributed by atoms with Crippen LogP contribution in [0.4, 0.5) is 0 Å². The molecule has 1 unspecified atom stereocenters. The molecule has 7 nitrogen and oxygen atoms in total. The zero-order valence-corrected chi connectivity index (χ0v) is 18.6. The summed E-state index contributed by atoms with van der Waals surface area (Å²) < 4.78 is 6.92. The van der Waals surface area contributed by atoms with Crippen LogP contribution < -0.4 is 0 Å². The molecule has 0 aliphatic rings. The van der Waals surface area contributed by atoms with Gasteiger partial charge in [-0.3, -0.25) is 9.88 Å². The lowest BCUT2D eigenvalue weighted by molar-refractivity contribution is -0.137. The molecule has 1 atom stereocenters. The predicted molar refractivity (Wildman–Crippen MR) is 127 cm³/mol. The molecule has 0 aliphatic heterocycles. The van der Waals surface area contributed by atoms with Crippen molar-refractivity contribution in [3.05, 3.63) is 102 Å². The summed E-state index contributed by atoms with van der Waals surface area (Å²) in [6.07, 6.45) is 5.54. The van der Waals surface area contributed by atoms with Crippen LogP contribution in [0.1, 0.15) is 30.8 Å². The SMILES string of the molecule is CCOC(=O)/C=C\CCN(Cc1ccccc1)C(c1ccccn1)n1nnc2ccccc21. The van der Waals surface area contributed by atoms with E-state index in [9.17, 15) is 4.79 Å². The molecule has 2 aromatic heterocycles. The third-order valence-corrected chi connectivity index (χ3v) is 5.26. The number of benzene rings is 2. The Morgan fingerprint density at radius 1 is 1.06 bits per heavy atom. The highest BCUT2D eigenvalue weighted by atomic mass is 16.5. The summed E-state index contributed by atoms with van der Waals surface area (Å²) in [6.45, 7) is 3.53. The lowest BCUT2D eigenvalue weighted by Crippen LogP contribution is -2.35. The van der Waals surface area contributed by atoms with Gasteiger partial charge in [-0.1, -0.05) is 59.8 Å². The number of carbonyl (C=O) groups is 1. The van der Waals surface area contributed by atoms with E-state index >= 15 is 0 Å². The van der Waals surface area contributed by atoms with E-state index in [1.54, 1.807) is 13.1 Å². The smallest absolute Gasteiger partial charge is 0.330 e. The quantitative estimate of drug-likeness (QED) is 0.269. The first kappa shape index (κ1) is 22.4. The number of rotatable bonds is 10. The Morgan fingerprint density at radius 3 is 2.64 bits per heavy atom. The van der Waals surface area contributed by atoms with Crippen molar-refractivity contribution >= 4 is 17.0 Å². The maximum atomic E-state index is 11.7. The summed E-state index contributed by atoms with van der Waals surface area (Å²) in [6, 6.07) is 24.1. The van der Waals surface area contributed by atoms with E-state index in [-0.39, 0.29) is 12.1 Å². The highest BCUT2D eigenvalue weighted by Gasteiger charge is 2.26. The molecule has 2 heterocycles. The summed E-state index contributed by atoms with van der Waals surface area (Å²) in [5.74, 6) is -0.323. The third-order valence-electron chi connectivity index (χ3n) is 5.26. The van der Waals surface area contributed by atoms with Crippen LogP contribution in [0.2, 0.25) is 0 Å². The van der Waals surface area contributed by atoms with Crippen molar-refractivity contribution in [1.82, 2.24) is 24.9 Å². The van der Waals surface area contributed by atoms with Gasteiger partial charge in [-0.15, -0.1) is 5.10 Å². The molecule has 0 spiro atoms. The molecule has 0 bridgehead atoms. The zero-order valence-electron chi connectivity index (χ0n) is 18.6. The maximum Gasteiger partial charge on any atom is 0.330 e. The molecule has 0 aliphatic carbocycles. The first-order valence-corrected chi connectivity index (χ1v) is 11.1. The minimum Gasteiger partial charge on any atom is -0.463 e. The van der Waals surface area contributed by atoms with Crippen LogP contribution in [0.5, 0.6) is 0 Å². The number of aromatic nitrogens is 4. The highest BCUT2D eigenvalue weighted by molar-refractivity contribution is 5.81. The predicted octanol–water partition coefficient (Wildman–Crippen LogP) is 4.38. The number of para-hydroxylation sites is 1. The van der Waals surface area contributed by atoms with Crippen LogP contribution in [-0.2, 0) is 16.1 Å². The lowest BCUT2D eigenvalue weighted by Gasteiger charge is -2.31. The van der Waals surface area contributed by atoms with E-state index in [2.05, 4.69) is 32.3 Å². The summed E-state index contributed by atoms with van der Waals surface area (Å²) in [4.78, 5) is 18.7. The molecule has 0 N–H and O–H groups in total. The number of hydrogen-bond donors (Lipinski definition) is 0. The number of pyridine rings is 1. The molecule has 0 amide bonds. The Bertz CT molecular complexity index is 1190. The molecule has 0 radical (unpaired) electrons. The second-order valence-electron chi connectivity index (χ2n) is 7.55. The first-order valence-electron chi connectivity index (χ1n) is 11.1. The summed E-state index contributed by atoms with van der Waals surface area (Å²) in [7, 11) is 0. The van der Waals surface area contributed by atoms with Crippen LogP contribution in [0, 0.1) is 0 Å². The molecule has 0 saturated carbocycles. The van der Waals surface area contributed by atoms with Crippen LogP contribution in [-0.4, -0.2) is 44.0 Å². The van der Waals surface area contributed by atoms with Crippen molar-refractivity contribution in [2.24, 2.45) is 0 Å². The number of fused-ring (bicyclic) bond motifs is 1. The minimum absolute atomic E-state index is 0.269. The highest BCUT2D eigenvalue weighted by Crippen LogP contribution is 2.26. The van der Waals surface area contributed by atoms with Gasteiger partial charge < -0.3 is 4.74 Å². The van der Waals surface area contributed by atoms with Crippen LogP contribution in [0.3, 0.4) is 0 Å². The first-order chi connectivity index (χ1) is 16.3. The fraction of sp³-hybridized carbons (Fsp3) is 0.231. The molecule has 4 aromatic rings. The van der Waals surface area contributed by atoms with E-state index in [0.29, 0.717) is 26.1 Å². The molecule has 4 rings (SSSR count). The van der Waals surface area contributed by atoms with Gasteiger partial charge in [0.1, 0.15) is 11.7 Å². The topological polar surface area (TPSA) is 73.1 Å². The fourth-order valence-corrected chi connectivity index (χ4v) is 3.78. The van der Waals surface area contributed by atoms with Crippen molar-refractivity contribution in [2.45, 2.75) is 26.1 Å². The van der Waals surface area contributed by atoms with Crippen molar-refractivity contribution in [3.8, 4) is 0 Å². The van der Waals surface area contributed by atoms with Crippen LogP contribution in [0.15, 0.2) is 91.1 Å². The number of nitrogens with zero attached hydrogens (tertiary/aromatic N) is 5. The number of ether oxygens (including phenoxy) is 1. The van der Waals surface area contributed by atoms with E-state index in [1.807, 2.05) is 71.4 Å². The fourth-order valence-electron chi connectivity index (χ4n) is 3.78. The van der Waals surface area contributed by atoms with E-state index in [1.165, 1.54) is 11.6 Å². The van der Waals surface area contributed by atoms with Gasteiger partial charge in [-0.25, -0.2) is 9.48 Å². The van der Waals surface area contributed by atoms with Gasteiger partial charge in [0.15, 0.2) is 0 Å². The van der Waals surface area contributed by atoms with Gasteiger partial charge in [0.05, 0.1) is 17.8 Å². The van der Waals surface area contributed by atoms with E-state index in [4.69, 9.17) is 4.74 Å². The summed E-state index contributed by atoms with van der Waals surface area (Å²) >= 11 is 0. The average Bonchev–Trinajstić information content (AvgIpc) is 3.27. The van der Waals surface area contributed by atoms with Gasteiger partial charge in [0.25, 0.3) is 0 Å². The number of esters is 1. The Hall–Kier alpha value is -3.84. The second-order valence-corrected chi connectivity index (χ2v) is 7.55. The molecular weight excluding hydrogens is 414 g/mol. The molecule has 0 fully saturated rings. The Kier molecular flexibility index (Phi) is 7.56. The second kappa shape index (κ2) is 11.2. The minimum atomic E-state index is -0.323. The molecule has 2 aromatic carbocycles. The zero-order chi connectivity index (χ0) is 22.9. The molecular formula is C26H27N5O2. The summed E-state index contributed by atoms with van der Waals surface area (Å²) in [5.41, 5.74) is 3.82. The van der Waals surface area contributed by atoms with Crippen molar-refractivity contribution in [1.29, 1.82) is 0 Å². The van der Waals surface area contributed by atoms with Crippen molar-refractivity contribution in [2.75, 3.05) is 13.2 Å². The Labute approximate surface area is 193 Å². The monoisotopic (exact) mass is 441 g/mol. The normalized spacial score (nSPS) is 12.4. The molecule has 33 heavy (non-hydrogen) atoms. The van der Waals surface area contributed by atoms with Gasteiger partial charge in [0.2, 0.25) is 0 Å². The summed E-state index contributed by atoms with van der Waals surface area (Å²) in [5, 5.41) is 8.89. The number of carbonyl (C=O) groups excluding carboxylic acids is 1. The van der Waals surface area contributed by atoms with E-state index < -0.39 is 0 Å². The van der Waals surface area contributed by atoms with Crippen molar-refractivity contribution < 1.29 is 9.53 Å². The molecule has 7 heteroatoms. The van der Waals surface area contributed by atoms with E-state index in [0.717, 1.165) is 16.7 Å². The average molecular weight is 442 g/mol. The largest absolute Gasteiger partial charge is 0.463 e. The van der Waals surface area contributed by atoms with Crippen LogP contribution in [0.25, 0.3) is 11.0 Å². The van der Waals surface area contributed by atoms with Gasteiger partial charge in [0, 0.05) is 25.4 Å². The molecule has 168 valence electrons. The Balaban J connectivity index is 1.70. The Morgan fingerprint density at radius 2 is 1.85 bits per heavy atom. The standard InChI is InChI=1S/C26H27N5O2/c1-2-33-25(32)17-9-11-19-30(20-21-12-4-3-5-13-21)26(23-15-8-10-18-27-23)31-24-16-7-6-14-22(24)28-29-31/h3-10,12-18,26H,2,11,19-20H2,1H3/b17-9-. The lowest BCUT2D eigenvalue weighted by atomic mass is 10.1. The van der Waals surface area contributed by atoms with Crippen molar-refractivity contribution in [3.63, 3.8) is 0 Å². The maximum absolute atomic E-state index is 11.7.